The number of aromatic nitrogens is 3. The first-order valence-electron chi connectivity index (χ1n) is 5.60. The standard InChI is InChI=1S/C10H19N5S/c1-7-4-15(5-8(2)11-7)10-12-9(6-16-3)13-14-10/h7-8,11H,4-6H2,1-3H3,(H,12,13,14). The molecule has 1 aliphatic heterocycles. The van der Waals surface area contributed by atoms with E-state index >= 15 is 0 Å². The second kappa shape index (κ2) is 5.05. The Bertz CT molecular complexity index is 330. The summed E-state index contributed by atoms with van der Waals surface area (Å²) < 4.78 is 0. The summed E-state index contributed by atoms with van der Waals surface area (Å²) in [4.78, 5) is 6.75. The summed E-state index contributed by atoms with van der Waals surface area (Å²) in [5, 5.41) is 10.8. The van der Waals surface area contributed by atoms with E-state index < -0.39 is 0 Å². The molecule has 0 amide bonds. The molecule has 1 aliphatic rings. The van der Waals surface area contributed by atoms with Crippen LogP contribution in [0.3, 0.4) is 0 Å². The number of aromatic amines is 1. The fraction of sp³-hybridized carbons (Fsp3) is 0.800. The molecule has 2 atom stereocenters. The van der Waals surface area contributed by atoms with Crippen LogP contribution < -0.4 is 10.2 Å². The van der Waals surface area contributed by atoms with Crippen molar-refractivity contribution in [1.29, 1.82) is 0 Å². The first-order valence-corrected chi connectivity index (χ1v) is 6.99. The van der Waals surface area contributed by atoms with E-state index in [2.05, 4.69) is 45.5 Å². The van der Waals surface area contributed by atoms with Crippen LogP contribution in [0.1, 0.15) is 19.7 Å². The minimum Gasteiger partial charge on any atom is -0.336 e. The molecule has 2 unspecified atom stereocenters. The van der Waals surface area contributed by atoms with Crippen LogP contribution in [0.15, 0.2) is 0 Å². The molecule has 1 aromatic heterocycles. The van der Waals surface area contributed by atoms with Gasteiger partial charge in [-0.3, -0.25) is 5.10 Å². The van der Waals surface area contributed by atoms with E-state index in [0.717, 1.165) is 30.6 Å². The summed E-state index contributed by atoms with van der Waals surface area (Å²) >= 11 is 1.75. The van der Waals surface area contributed by atoms with E-state index in [1.165, 1.54) is 0 Å². The quantitative estimate of drug-likeness (QED) is 0.822. The fourth-order valence-electron chi connectivity index (χ4n) is 2.12. The van der Waals surface area contributed by atoms with Crippen molar-refractivity contribution in [2.75, 3.05) is 24.2 Å². The number of piperazine rings is 1. The van der Waals surface area contributed by atoms with E-state index in [9.17, 15) is 0 Å². The lowest BCUT2D eigenvalue weighted by Gasteiger charge is -2.35. The molecule has 1 saturated heterocycles. The third-order valence-electron chi connectivity index (χ3n) is 2.64. The van der Waals surface area contributed by atoms with Gasteiger partial charge in [0, 0.05) is 25.2 Å². The number of thioether (sulfide) groups is 1. The molecule has 0 aliphatic carbocycles. The van der Waals surface area contributed by atoms with E-state index in [0.29, 0.717) is 12.1 Å². The number of H-pyrrole nitrogens is 1. The van der Waals surface area contributed by atoms with Gasteiger partial charge in [-0.15, -0.1) is 5.10 Å². The van der Waals surface area contributed by atoms with Crippen LogP contribution in [0.4, 0.5) is 5.95 Å². The van der Waals surface area contributed by atoms with Gasteiger partial charge in [0.2, 0.25) is 5.95 Å². The van der Waals surface area contributed by atoms with Crippen molar-refractivity contribution in [3.8, 4) is 0 Å². The number of anilines is 1. The second-order valence-corrected chi connectivity index (χ2v) is 5.25. The van der Waals surface area contributed by atoms with Gasteiger partial charge in [-0.1, -0.05) is 0 Å². The average Bonchev–Trinajstić information content (AvgIpc) is 2.65. The highest BCUT2D eigenvalue weighted by Crippen LogP contribution is 2.14. The van der Waals surface area contributed by atoms with Gasteiger partial charge in [-0.05, 0) is 20.1 Å². The highest BCUT2D eigenvalue weighted by molar-refractivity contribution is 7.97. The van der Waals surface area contributed by atoms with Crippen LogP contribution in [0.5, 0.6) is 0 Å². The van der Waals surface area contributed by atoms with Gasteiger partial charge in [0.1, 0.15) is 5.82 Å². The Morgan fingerprint density at radius 2 is 2.06 bits per heavy atom. The van der Waals surface area contributed by atoms with Crippen molar-refractivity contribution in [3.05, 3.63) is 5.82 Å². The number of hydrogen-bond donors (Lipinski definition) is 2. The van der Waals surface area contributed by atoms with Crippen molar-refractivity contribution < 1.29 is 0 Å². The molecule has 6 heteroatoms. The predicted molar refractivity (Wildman–Crippen MR) is 67.9 cm³/mol. The molecule has 0 aromatic carbocycles. The van der Waals surface area contributed by atoms with E-state index in [1.807, 2.05) is 0 Å². The molecule has 1 fully saturated rings. The number of hydrogen-bond acceptors (Lipinski definition) is 5. The lowest BCUT2D eigenvalue weighted by Crippen LogP contribution is -2.54. The van der Waals surface area contributed by atoms with Crippen molar-refractivity contribution in [2.45, 2.75) is 31.7 Å². The van der Waals surface area contributed by atoms with Gasteiger partial charge in [0.15, 0.2) is 0 Å². The van der Waals surface area contributed by atoms with Gasteiger partial charge in [0.25, 0.3) is 0 Å². The van der Waals surface area contributed by atoms with Crippen molar-refractivity contribution in [2.24, 2.45) is 0 Å². The minimum absolute atomic E-state index is 0.492. The largest absolute Gasteiger partial charge is 0.336 e. The van der Waals surface area contributed by atoms with Crippen LogP contribution in [0, 0.1) is 0 Å². The van der Waals surface area contributed by atoms with Gasteiger partial charge in [0.05, 0.1) is 5.75 Å². The van der Waals surface area contributed by atoms with E-state index in [1.54, 1.807) is 11.8 Å². The fourth-order valence-corrected chi connectivity index (χ4v) is 2.52. The Kier molecular flexibility index (Phi) is 3.70. The summed E-state index contributed by atoms with van der Waals surface area (Å²) in [6, 6.07) is 0.984. The molecule has 90 valence electrons. The van der Waals surface area contributed by atoms with Crippen LogP contribution in [-0.4, -0.2) is 46.6 Å². The molecule has 0 saturated carbocycles. The summed E-state index contributed by atoms with van der Waals surface area (Å²) in [6.07, 6.45) is 2.07. The summed E-state index contributed by atoms with van der Waals surface area (Å²) in [5.41, 5.74) is 0. The number of nitrogens with zero attached hydrogens (tertiary/aromatic N) is 3. The first-order chi connectivity index (χ1) is 7.69. The maximum Gasteiger partial charge on any atom is 0.244 e. The Hall–Kier alpha value is -0.750. The predicted octanol–water partition coefficient (Wildman–Crippen LogP) is 0.854. The van der Waals surface area contributed by atoms with E-state index in [-0.39, 0.29) is 0 Å². The van der Waals surface area contributed by atoms with Gasteiger partial charge in [-0.25, -0.2) is 0 Å². The maximum absolute atomic E-state index is 4.50. The zero-order valence-electron chi connectivity index (χ0n) is 10.0. The van der Waals surface area contributed by atoms with Gasteiger partial charge >= 0.3 is 0 Å². The molecule has 16 heavy (non-hydrogen) atoms. The van der Waals surface area contributed by atoms with Crippen LogP contribution in [-0.2, 0) is 5.75 Å². The van der Waals surface area contributed by atoms with Crippen molar-refractivity contribution >= 4 is 17.7 Å². The molecule has 0 bridgehead atoms. The third kappa shape index (κ3) is 2.68. The average molecular weight is 241 g/mol. The van der Waals surface area contributed by atoms with E-state index in [4.69, 9.17) is 0 Å². The van der Waals surface area contributed by atoms with Crippen LogP contribution in [0.25, 0.3) is 0 Å². The van der Waals surface area contributed by atoms with Crippen LogP contribution in [0.2, 0.25) is 0 Å². The third-order valence-corrected chi connectivity index (χ3v) is 3.20. The van der Waals surface area contributed by atoms with Gasteiger partial charge < -0.3 is 10.2 Å². The maximum atomic E-state index is 4.50. The molecular weight excluding hydrogens is 222 g/mol. The molecule has 5 nitrogen and oxygen atoms in total. The molecule has 2 rings (SSSR count). The smallest absolute Gasteiger partial charge is 0.244 e. The summed E-state index contributed by atoms with van der Waals surface area (Å²) in [7, 11) is 0. The highest BCUT2D eigenvalue weighted by Gasteiger charge is 2.23. The molecular formula is C10H19N5S. The summed E-state index contributed by atoms with van der Waals surface area (Å²) in [5.74, 6) is 2.69. The van der Waals surface area contributed by atoms with Crippen molar-refractivity contribution in [1.82, 2.24) is 20.5 Å². The monoisotopic (exact) mass is 241 g/mol. The molecule has 0 radical (unpaired) electrons. The van der Waals surface area contributed by atoms with Crippen molar-refractivity contribution in [3.63, 3.8) is 0 Å². The second-order valence-electron chi connectivity index (χ2n) is 4.39. The van der Waals surface area contributed by atoms with Crippen LogP contribution >= 0.6 is 11.8 Å². The molecule has 1 aromatic rings. The Morgan fingerprint density at radius 3 is 2.69 bits per heavy atom. The summed E-state index contributed by atoms with van der Waals surface area (Å²) in [6.45, 7) is 6.33. The molecule has 2 N–H and O–H groups in total. The molecule has 0 spiro atoms. The molecule has 2 heterocycles. The lowest BCUT2D eigenvalue weighted by atomic mass is 10.1. The Labute approximate surface area is 100 Å². The first kappa shape index (κ1) is 11.7. The zero-order chi connectivity index (χ0) is 11.5. The normalized spacial score (nSPS) is 26.1. The highest BCUT2D eigenvalue weighted by atomic mass is 32.2. The zero-order valence-corrected chi connectivity index (χ0v) is 10.8. The van der Waals surface area contributed by atoms with Gasteiger partial charge in [-0.2, -0.15) is 16.7 Å². The Balaban J connectivity index is 2.04. The lowest BCUT2D eigenvalue weighted by molar-refractivity contribution is 0.403. The minimum atomic E-state index is 0.492. The SMILES string of the molecule is CSCc1nc(N2CC(C)NC(C)C2)n[nH]1. The number of rotatable bonds is 3. The topological polar surface area (TPSA) is 56.8 Å². The Morgan fingerprint density at radius 1 is 1.38 bits per heavy atom. The number of nitrogens with one attached hydrogen (secondary N) is 2.